The van der Waals surface area contributed by atoms with E-state index in [1.807, 2.05) is 54.6 Å². The van der Waals surface area contributed by atoms with Crippen molar-refractivity contribution in [2.45, 2.75) is 24.9 Å². The third-order valence-electron chi connectivity index (χ3n) is 6.35. The van der Waals surface area contributed by atoms with Crippen LogP contribution in [0.15, 0.2) is 65.1 Å². The molecule has 170 valence electrons. The summed E-state index contributed by atoms with van der Waals surface area (Å²) in [6.45, 7) is -0.207. The Bertz CT molecular complexity index is 1420. The van der Waals surface area contributed by atoms with Gasteiger partial charge < -0.3 is 15.1 Å². The third-order valence-corrected chi connectivity index (χ3v) is 7.40. The van der Waals surface area contributed by atoms with Gasteiger partial charge in [0.15, 0.2) is 10.8 Å². The number of urea groups is 1. The Morgan fingerprint density at radius 1 is 1.12 bits per heavy atom. The highest BCUT2D eigenvalue weighted by atomic mass is 32.1. The van der Waals surface area contributed by atoms with Gasteiger partial charge in [-0.25, -0.2) is 9.78 Å². The topological polar surface area (TPSA) is 105 Å². The number of benzene rings is 2. The van der Waals surface area contributed by atoms with E-state index in [2.05, 4.69) is 15.6 Å². The predicted octanol–water partition coefficient (Wildman–Crippen LogP) is 3.57. The number of carbonyl (C=O) groups excluding carboxylic acids is 3. The summed E-state index contributed by atoms with van der Waals surface area (Å²) in [5, 5.41) is 6.33. The Balaban J connectivity index is 1.11. The van der Waals surface area contributed by atoms with E-state index in [1.165, 1.54) is 11.3 Å². The molecule has 1 aliphatic carbocycles. The summed E-state index contributed by atoms with van der Waals surface area (Å²) in [6.07, 6.45) is 1.20. The average Bonchev–Trinajstić information content (AvgIpc) is 3.61. The fourth-order valence-electron chi connectivity index (χ4n) is 4.68. The lowest BCUT2D eigenvalue weighted by atomic mass is 9.92. The van der Waals surface area contributed by atoms with Crippen LogP contribution in [0.4, 0.5) is 4.79 Å². The quantitative estimate of drug-likeness (QED) is 0.432. The molecule has 2 N–H and O–H groups in total. The Morgan fingerprint density at radius 3 is 2.82 bits per heavy atom. The SMILES string of the molecule is O=C(CN1C(=O)NC2(CCc3ccccc32)C1=O)NCc1ccc(-c2nc3ccccc3s2)o1. The number of aryl methyl sites for hydroxylation is 1. The minimum Gasteiger partial charge on any atom is -0.457 e. The molecule has 1 unspecified atom stereocenters. The smallest absolute Gasteiger partial charge is 0.325 e. The molecule has 2 aromatic carbocycles. The van der Waals surface area contributed by atoms with Crippen molar-refractivity contribution in [3.8, 4) is 10.8 Å². The van der Waals surface area contributed by atoms with Crippen molar-refractivity contribution in [1.82, 2.24) is 20.5 Å². The van der Waals surface area contributed by atoms with Gasteiger partial charge in [-0.3, -0.25) is 14.5 Å². The summed E-state index contributed by atoms with van der Waals surface area (Å²) in [7, 11) is 0. The standard InChI is InChI=1S/C25H20N4O4S/c30-21(14-29-23(31)25(28-24(29)32)12-11-15-5-1-2-6-17(15)25)26-13-16-9-10-19(33-16)22-27-18-7-3-4-8-20(18)34-22/h1-10H,11-14H2,(H,26,30)(H,28,32). The molecule has 0 saturated carbocycles. The van der Waals surface area contributed by atoms with Crippen LogP contribution in [-0.4, -0.2) is 34.3 Å². The van der Waals surface area contributed by atoms with Gasteiger partial charge in [-0.15, -0.1) is 11.3 Å². The molecule has 1 aliphatic heterocycles. The maximum absolute atomic E-state index is 13.2. The normalized spacial score (nSPS) is 19.1. The molecule has 1 spiro atoms. The van der Waals surface area contributed by atoms with Gasteiger partial charge in [-0.1, -0.05) is 36.4 Å². The van der Waals surface area contributed by atoms with Gasteiger partial charge in [0.25, 0.3) is 5.91 Å². The van der Waals surface area contributed by atoms with Crippen molar-refractivity contribution in [1.29, 1.82) is 0 Å². The van der Waals surface area contributed by atoms with Crippen LogP contribution in [0.5, 0.6) is 0 Å². The van der Waals surface area contributed by atoms with E-state index in [0.29, 0.717) is 24.4 Å². The van der Waals surface area contributed by atoms with E-state index in [-0.39, 0.29) is 19.0 Å². The maximum atomic E-state index is 13.2. The summed E-state index contributed by atoms with van der Waals surface area (Å²) < 4.78 is 6.92. The fraction of sp³-hybridized carbons (Fsp3) is 0.200. The van der Waals surface area contributed by atoms with Gasteiger partial charge in [0.1, 0.15) is 17.8 Å². The van der Waals surface area contributed by atoms with Crippen molar-refractivity contribution in [2.75, 3.05) is 6.54 Å². The second kappa shape index (κ2) is 7.81. The van der Waals surface area contributed by atoms with Crippen LogP contribution in [0.2, 0.25) is 0 Å². The second-order valence-electron chi connectivity index (χ2n) is 8.41. The zero-order valence-electron chi connectivity index (χ0n) is 18.0. The van der Waals surface area contributed by atoms with Gasteiger partial charge in [0.05, 0.1) is 16.8 Å². The first kappa shape index (κ1) is 20.6. The number of hydrogen-bond acceptors (Lipinski definition) is 6. The van der Waals surface area contributed by atoms with Crippen molar-refractivity contribution in [3.63, 3.8) is 0 Å². The molecule has 8 nitrogen and oxygen atoms in total. The van der Waals surface area contributed by atoms with E-state index in [0.717, 1.165) is 31.3 Å². The zero-order chi connectivity index (χ0) is 23.3. The van der Waals surface area contributed by atoms with Crippen LogP contribution in [0.25, 0.3) is 21.0 Å². The monoisotopic (exact) mass is 472 g/mol. The first-order valence-electron chi connectivity index (χ1n) is 11.0. The minimum atomic E-state index is -1.07. The summed E-state index contributed by atoms with van der Waals surface area (Å²) >= 11 is 1.53. The fourth-order valence-corrected chi connectivity index (χ4v) is 5.61. The maximum Gasteiger partial charge on any atom is 0.325 e. The van der Waals surface area contributed by atoms with Crippen LogP contribution in [0.3, 0.4) is 0 Å². The number of nitrogens with zero attached hydrogens (tertiary/aromatic N) is 2. The van der Waals surface area contributed by atoms with Crippen LogP contribution >= 0.6 is 11.3 Å². The number of aromatic nitrogens is 1. The highest BCUT2D eigenvalue weighted by Gasteiger charge is 2.55. The zero-order valence-corrected chi connectivity index (χ0v) is 18.9. The van der Waals surface area contributed by atoms with E-state index in [1.54, 1.807) is 6.07 Å². The third kappa shape index (κ3) is 3.28. The minimum absolute atomic E-state index is 0.140. The number of fused-ring (bicyclic) bond motifs is 3. The van der Waals surface area contributed by atoms with Crippen LogP contribution in [0, 0.1) is 0 Å². The van der Waals surface area contributed by atoms with Gasteiger partial charge in [-0.2, -0.15) is 0 Å². The molecule has 0 radical (unpaired) electrons. The Labute approximate surface area is 198 Å². The second-order valence-corrected chi connectivity index (χ2v) is 9.44. The molecule has 1 atom stereocenters. The number of thiazole rings is 1. The summed E-state index contributed by atoms with van der Waals surface area (Å²) in [4.78, 5) is 43.9. The van der Waals surface area contributed by atoms with Gasteiger partial charge in [0, 0.05) is 0 Å². The molecule has 4 aromatic rings. The molecule has 0 bridgehead atoms. The Morgan fingerprint density at radius 2 is 1.94 bits per heavy atom. The predicted molar refractivity (Wildman–Crippen MR) is 126 cm³/mol. The van der Waals surface area contributed by atoms with Crippen molar-refractivity contribution < 1.29 is 18.8 Å². The number of carbonyl (C=O) groups is 3. The van der Waals surface area contributed by atoms with E-state index >= 15 is 0 Å². The van der Waals surface area contributed by atoms with Crippen molar-refractivity contribution in [3.05, 3.63) is 77.6 Å². The van der Waals surface area contributed by atoms with Crippen LogP contribution in [-0.2, 0) is 28.1 Å². The number of para-hydroxylation sites is 1. The van der Waals surface area contributed by atoms with Crippen molar-refractivity contribution >= 4 is 39.4 Å². The first-order chi connectivity index (χ1) is 16.5. The van der Waals surface area contributed by atoms with Crippen LogP contribution in [0.1, 0.15) is 23.3 Å². The highest BCUT2D eigenvalue weighted by molar-refractivity contribution is 7.21. The van der Waals surface area contributed by atoms with E-state index < -0.39 is 17.5 Å². The lowest BCUT2D eigenvalue weighted by Gasteiger charge is -2.22. The molecule has 34 heavy (non-hydrogen) atoms. The molecule has 2 aromatic heterocycles. The molecule has 9 heteroatoms. The average molecular weight is 473 g/mol. The molecule has 1 saturated heterocycles. The molecule has 4 amide bonds. The van der Waals surface area contributed by atoms with Crippen LogP contribution < -0.4 is 10.6 Å². The van der Waals surface area contributed by atoms with Gasteiger partial charge >= 0.3 is 6.03 Å². The molecule has 2 aliphatic rings. The number of imide groups is 1. The van der Waals surface area contributed by atoms with E-state index in [4.69, 9.17) is 4.42 Å². The lowest BCUT2D eigenvalue weighted by molar-refractivity contribution is -0.135. The molecular weight excluding hydrogens is 452 g/mol. The molecule has 3 heterocycles. The Hall–Kier alpha value is -3.98. The first-order valence-corrected chi connectivity index (χ1v) is 11.8. The number of nitrogens with one attached hydrogen (secondary N) is 2. The number of hydrogen-bond donors (Lipinski definition) is 2. The molecular formula is C25H20N4O4S. The van der Waals surface area contributed by atoms with Crippen molar-refractivity contribution in [2.24, 2.45) is 0 Å². The highest BCUT2D eigenvalue weighted by Crippen LogP contribution is 2.41. The number of rotatable bonds is 5. The lowest BCUT2D eigenvalue weighted by Crippen LogP contribution is -2.43. The number of amides is 4. The van der Waals surface area contributed by atoms with E-state index in [9.17, 15) is 14.4 Å². The molecule has 6 rings (SSSR count). The molecule has 1 fully saturated rings. The summed E-state index contributed by atoms with van der Waals surface area (Å²) in [5.74, 6) is 0.362. The summed E-state index contributed by atoms with van der Waals surface area (Å²) in [6, 6.07) is 18.5. The Kier molecular flexibility index (Phi) is 4.73. The van der Waals surface area contributed by atoms with Gasteiger partial charge in [-0.05, 0) is 48.2 Å². The summed E-state index contributed by atoms with van der Waals surface area (Å²) in [5.41, 5.74) is 1.70. The van der Waals surface area contributed by atoms with Gasteiger partial charge in [0.2, 0.25) is 5.91 Å². The number of furan rings is 1. The largest absolute Gasteiger partial charge is 0.457 e.